The largest absolute Gasteiger partial charge is 0.393 e. The predicted octanol–water partition coefficient (Wildman–Crippen LogP) is 5.31. The van der Waals surface area contributed by atoms with Gasteiger partial charge in [0, 0.05) is 5.92 Å². The van der Waals surface area contributed by atoms with Crippen LogP contribution >= 0.6 is 0 Å². The molecule has 1 N–H and O–H groups in total. The molecule has 2 nitrogen and oxygen atoms in total. The Morgan fingerprint density at radius 3 is 2.56 bits per heavy atom. The second kappa shape index (κ2) is 5.72. The summed E-state index contributed by atoms with van der Waals surface area (Å²) in [5.74, 6) is 4.57. The van der Waals surface area contributed by atoms with Crippen molar-refractivity contribution in [2.75, 3.05) is 0 Å². The van der Waals surface area contributed by atoms with Crippen LogP contribution in [0.2, 0.25) is 0 Å². The molecule has 0 aromatic heterocycles. The van der Waals surface area contributed by atoms with Crippen LogP contribution in [0.5, 0.6) is 0 Å². The maximum atomic E-state index is 10.2. The van der Waals surface area contributed by atoms with Crippen molar-refractivity contribution in [3.05, 3.63) is 0 Å². The summed E-state index contributed by atoms with van der Waals surface area (Å²) in [4.78, 5) is 0. The van der Waals surface area contributed by atoms with E-state index >= 15 is 0 Å². The van der Waals surface area contributed by atoms with Crippen LogP contribution in [0.1, 0.15) is 84.0 Å². The second-order valence-corrected chi connectivity index (χ2v) is 10.7. The van der Waals surface area contributed by atoms with E-state index in [4.69, 9.17) is 0 Å². The van der Waals surface area contributed by atoms with Gasteiger partial charge >= 0.3 is 0 Å². The zero-order valence-electron chi connectivity index (χ0n) is 15.9. The molecule has 0 saturated heterocycles. The minimum atomic E-state index is -0.0323. The molecule has 2 heteroatoms. The highest BCUT2D eigenvalue weighted by molar-refractivity contribution is 5.14. The number of hydrogen-bond donors (Lipinski definition) is 1. The summed E-state index contributed by atoms with van der Waals surface area (Å²) >= 11 is 0. The third-order valence-electron chi connectivity index (χ3n) is 10.2. The van der Waals surface area contributed by atoms with Crippen molar-refractivity contribution in [2.45, 2.75) is 90.1 Å². The minimum absolute atomic E-state index is 0.0323. The van der Waals surface area contributed by atoms with E-state index in [2.05, 4.69) is 13.0 Å². The van der Waals surface area contributed by atoms with Gasteiger partial charge in [-0.15, -0.1) is 0 Å². The van der Waals surface area contributed by atoms with Crippen molar-refractivity contribution < 1.29 is 5.11 Å². The van der Waals surface area contributed by atoms with E-state index in [-0.39, 0.29) is 6.10 Å². The average molecular weight is 342 g/mol. The topological polar surface area (TPSA) is 44.0 Å². The van der Waals surface area contributed by atoms with Crippen LogP contribution in [0.15, 0.2) is 0 Å². The molecule has 5 fully saturated rings. The van der Waals surface area contributed by atoms with Gasteiger partial charge in [-0.25, -0.2) is 0 Å². The Bertz CT molecular complexity index is 581. The van der Waals surface area contributed by atoms with Gasteiger partial charge in [0.05, 0.1) is 12.2 Å². The Morgan fingerprint density at radius 2 is 1.72 bits per heavy atom. The highest BCUT2D eigenvalue weighted by atomic mass is 16.3. The highest BCUT2D eigenvalue weighted by Crippen LogP contribution is 2.70. The second-order valence-electron chi connectivity index (χ2n) is 10.7. The first kappa shape index (κ1) is 16.6. The molecule has 25 heavy (non-hydrogen) atoms. The van der Waals surface area contributed by atoms with E-state index in [0.29, 0.717) is 16.7 Å². The van der Waals surface area contributed by atoms with Crippen LogP contribution < -0.4 is 0 Å². The van der Waals surface area contributed by atoms with Gasteiger partial charge in [-0.1, -0.05) is 13.3 Å². The lowest BCUT2D eigenvalue weighted by molar-refractivity contribution is -0.138. The Hall–Kier alpha value is -0.550. The fourth-order valence-corrected chi connectivity index (χ4v) is 9.19. The molecule has 0 amide bonds. The van der Waals surface area contributed by atoms with E-state index < -0.39 is 0 Å². The third-order valence-corrected chi connectivity index (χ3v) is 10.2. The molecule has 0 heterocycles. The fraction of sp³-hybridized carbons (Fsp3) is 0.957. The summed E-state index contributed by atoms with van der Waals surface area (Å²) < 4.78 is 0. The third kappa shape index (κ3) is 2.17. The average Bonchev–Trinajstić information content (AvgIpc) is 3.02. The van der Waals surface area contributed by atoms with E-state index in [1.54, 1.807) is 0 Å². The van der Waals surface area contributed by atoms with Gasteiger partial charge in [-0.05, 0) is 111 Å². The molecule has 0 aliphatic heterocycles. The molecule has 0 aromatic rings. The summed E-state index contributed by atoms with van der Waals surface area (Å²) in [6.07, 6.45) is 15.5. The van der Waals surface area contributed by atoms with E-state index in [1.165, 1.54) is 64.2 Å². The van der Waals surface area contributed by atoms with Gasteiger partial charge in [0.15, 0.2) is 0 Å². The van der Waals surface area contributed by atoms with Crippen molar-refractivity contribution in [1.82, 2.24) is 0 Å². The van der Waals surface area contributed by atoms with Crippen LogP contribution in [0.4, 0.5) is 0 Å². The van der Waals surface area contributed by atoms with Gasteiger partial charge in [-0.3, -0.25) is 0 Å². The molecule has 1 spiro atoms. The number of aliphatic hydroxyl groups excluding tert-OH is 1. The normalized spacial score (nSPS) is 57.6. The van der Waals surface area contributed by atoms with Crippen molar-refractivity contribution in [3.63, 3.8) is 0 Å². The van der Waals surface area contributed by atoms with Crippen molar-refractivity contribution in [3.8, 4) is 6.07 Å². The molecule has 5 rings (SSSR count). The van der Waals surface area contributed by atoms with E-state index in [0.717, 1.165) is 42.4 Å². The number of nitriles is 1. The van der Waals surface area contributed by atoms with Crippen molar-refractivity contribution >= 4 is 0 Å². The van der Waals surface area contributed by atoms with E-state index in [1.807, 2.05) is 0 Å². The number of hydrogen-bond acceptors (Lipinski definition) is 2. The first-order valence-electron chi connectivity index (χ1n) is 11.2. The summed E-state index contributed by atoms with van der Waals surface area (Å²) in [6, 6.07) is 2.71. The van der Waals surface area contributed by atoms with Gasteiger partial charge in [0.2, 0.25) is 0 Å². The molecule has 0 bridgehead atoms. The fourth-order valence-electron chi connectivity index (χ4n) is 9.19. The molecule has 1 unspecified atom stereocenters. The monoisotopic (exact) mass is 341 g/mol. The van der Waals surface area contributed by atoms with Gasteiger partial charge in [0.25, 0.3) is 0 Å². The Morgan fingerprint density at radius 1 is 0.880 bits per heavy atom. The SMILES string of the molecule is C[C@]12CC[C@@H](O)C[C@@H]1CC[C@H]1[C@@H]3CC[C@@H]4[C@H](C#N)CCCC43CC[C@@H]12. The molecule has 5 aliphatic carbocycles. The molecular formula is C23H35NO. The Balaban J connectivity index is 1.45. The lowest BCUT2D eigenvalue weighted by Gasteiger charge is -2.62. The standard InChI is InChI=1S/C23H35NO/c1-22-11-8-17(25)13-16(22)4-5-18-20(22)9-12-23-10-2-3-15(14-24)19(23)6-7-21(18)23/h15-21,25H,2-13H2,1H3/t15-,16-,17+,18+,19+,20-,21-,22-,23?/m0/s1. The number of rotatable bonds is 0. The molecule has 0 radical (unpaired) electrons. The molecule has 138 valence electrons. The quantitative estimate of drug-likeness (QED) is 0.649. The van der Waals surface area contributed by atoms with Crippen LogP contribution in [0, 0.1) is 57.7 Å². The molecule has 9 atom stereocenters. The van der Waals surface area contributed by atoms with Crippen LogP contribution in [0.25, 0.3) is 0 Å². The van der Waals surface area contributed by atoms with Crippen LogP contribution in [-0.2, 0) is 0 Å². The summed E-state index contributed by atoms with van der Waals surface area (Å²) in [7, 11) is 0. The molecular weight excluding hydrogens is 306 g/mol. The van der Waals surface area contributed by atoms with Gasteiger partial charge in [-0.2, -0.15) is 5.26 Å². The lowest BCUT2D eigenvalue weighted by Crippen LogP contribution is -2.55. The zero-order valence-corrected chi connectivity index (χ0v) is 15.9. The lowest BCUT2D eigenvalue weighted by atomic mass is 9.43. The highest BCUT2D eigenvalue weighted by Gasteiger charge is 2.63. The summed E-state index contributed by atoms with van der Waals surface area (Å²) in [5.41, 5.74) is 1.03. The first-order valence-corrected chi connectivity index (χ1v) is 11.2. The number of aliphatic hydroxyl groups is 1. The maximum Gasteiger partial charge on any atom is 0.0658 e. The number of nitrogens with zero attached hydrogens (tertiary/aromatic N) is 1. The zero-order chi connectivity index (χ0) is 17.2. The first-order chi connectivity index (χ1) is 12.1. The van der Waals surface area contributed by atoms with Crippen molar-refractivity contribution in [1.29, 1.82) is 5.26 Å². The smallest absolute Gasteiger partial charge is 0.0658 e. The molecule has 5 aliphatic rings. The van der Waals surface area contributed by atoms with Crippen LogP contribution in [-0.4, -0.2) is 11.2 Å². The molecule has 0 aromatic carbocycles. The number of fused-ring (bicyclic) bond motifs is 4. The van der Waals surface area contributed by atoms with E-state index in [9.17, 15) is 10.4 Å². The molecule has 5 saturated carbocycles. The van der Waals surface area contributed by atoms with Crippen LogP contribution in [0.3, 0.4) is 0 Å². The maximum absolute atomic E-state index is 10.2. The predicted molar refractivity (Wildman–Crippen MR) is 98.5 cm³/mol. The summed E-state index contributed by atoms with van der Waals surface area (Å²) in [5, 5.41) is 19.9. The summed E-state index contributed by atoms with van der Waals surface area (Å²) in [6.45, 7) is 2.59. The van der Waals surface area contributed by atoms with Crippen molar-refractivity contribution in [2.24, 2.45) is 46.3 Å². The van der Waals surface area contributed by atoms with Gasteiger partial charge < -0.3 is 5.11 Å². The Labute approximate surface area is 153 Å². The van der Waals surface area contributed by atoms with Gasteiger partial charge in [0.1, 0.15) is 0 Å². The minimum Gasteiger partial charge on any atom is -0.393 e. The Kier molecular flexibility index (Phi) is 3.80.